The summed E-state index contributed by atoms with van der Waals surface area (Å²) in [4.78, 5) is 34.1. The molecule has 4 N–H and O–H groups in total. The lowest BCUT2D eigenvalue weighted by Gasteiger charge is -2.12. The quantitative estimate of drug-likeness (QED) is 0.129. The van der Waals surface area contributed by atoms with E-state index in [4.69, 9.17) is 9.84 Å². The maximum absolute atomic E-state index is 12.3. The van der Waals surface area contributed by atoms with Crippen LogP contribution in [-0.4, -0.2) is 46.4 Å². The number of nitrogens with zero attached hydrogens (tertiary/aromatic N) is 1. The van der Waals surface area contributed by atoms with Crippen LogP contribution in [0.4, 0.5) is 10.5 Å². The van der Waals surface area contributed by atoms with Crippen molar-refractivity contribution in [3.05, 3.63) is 90.0 Å². The van der Waals surface area contributed by atoms with Crippen molar-refractivity contribution < 1.29 is 29.4 Å². The fourth-order valence-corrected chi connectivity index (χ4v) is 3.47. The number of nitrogens with one attached hydrogen (secondary N) is 2. The molecule has 0 fully saturated rings. The number of carbonyl (C=O) groups excluding carboxylic acids is 2. The second-order valence-corrected chi connectivity index (χ2v) is 8.06. The summed E-state index contributed by atoms with van der Waals surface area (Å²) in [5.74, 6) is -2.01. The van der Waals surface area contributed by atoms with Crippen LogP contribution in [0.25, 0.3) is 10.8 Å². The Kier molecular flexibility index (Phi) is 9.99. The van der Waals surface area contributed by atoms with Crippen LogP contribution in [0.5, 0.6) is 0 Å². The molecule has 9 heteroatoms. The Bertz CT molecular complexity index is 1200. The first-order valence-electron chi connectivity index (χ1n) is 11.5. The van der Waals surface area contributed by atoms with Gasteiger partial charge in [-0.3, -0.25) is 15.3 Å². The summed E-state index contributed by atoms with van der Waals surface area (Å²) in [5, 5.41) is 26.6. The van der Waals surface area contributed by atoms with E-state index in [1.165, 1.54) is 0 Å². The molecule has 0 unspecified atom stereocenters. The molecular formula is C27H29N3O6. The molecule has 0 atom stereocenters. The predicted octanol–water partition coefficient (Wildman–Crippen LogP) is 4.32. The van der Waals surface area contributed by atoms with Crippen LogP contribution >= 0.6 is 0 Å². The molecule has 0 bridgehead atoms. The number of carbonyl (C=O) groups is 3. The fourth-order valence-electron chi connectivity index (χ4n) is 3.47. The van der Waals surface area contributed by atoms with Crippen LogP contribution in [0.2, 0.25) is 0 Å². The Hall–Kier alpha value is -4.21. The molecule has 3 aromatic carbocycles. The third-order valence-corrected chi connectivity index (χ3v) is 5.34. The summed E-state index contributed by atoms with van der Waals surface area (Å²) >= 11 is 0. The molecule has 9 nitrogen and oxygen atoms in total. The first kappa shape index (κ1) is 26.4. The molecule has 3 rings (SSSR count). The maximum Gasteiger partial charge on any atom is 0.411 e. The number of carboxylic acids is 1. The summed E-state index contributed by atoms with van der Waals surface area (Å²) in [6.07, 6.45) is 2.27. The maximum atomic E-state index is 12.3. The van der Waals surface area contributed by atoms with E-state index in [9.17, 15) is 19.6 Å². The molecule has 0 saturated carbocycles. The van der Waals surface area contributed by atoms with Crippen molar-refractivity contribution in [3.63, 3.8) is 0 Å². The third kappa shape index (κ3) is 8.53. The highest BCUT2D eigenvalue weighted by molar-refractivity contribution is 6.00. The van der Waals surface area contributed by atoms with Gasteiger partial charge in [-0.25, -0.2) is 14.7 Å². The van der Waals surface area contributed by atoms with E-state index in [0.717, 1.165) is 34.4 Å². The highest BCUT2D eigenvalue weighted by Crippen LogP contribution is 2.23. The number of benzene rings is 3. The van der Waals surface area contributed by atoms with Gasteiger partial charge < -0.3 is 15.2 Å². The van der Waals surface area contributed by atoms with Crippen molar-refractivity contribution in [1.82, 2.24) is 10.4 Å². The standard InChI is InChI=1S/C27H29N3O6/c31-25(14-15-26(32)33)30(35)17-4-3-16-28-18-20-10-12-21(13-11-20)19-36-27(34)29-24-9-5-7-22-6-1-2-8-23(22)24/h1-2,5-15,28,35H,3-4,16-19H2,(H,29,34)(H,32,33)/b15-14+. The summed E-state index contributed by atoms with van der Waals surface area (Å²) in [7, 11) is 0. The molecule has 0 aromatic heterocycles. The van der Waals surface area contributed by atoms with E-state index in [1.807, 2.05) is 66.7 Å². The molecular weight excluding hydrogens is 462 g/mol. The highest BCUT2D eigenvalue weighted by Gasteiger charge is 2.08. The van der Waals surface area contributed by atoms with Gasteiger partial charge in [-0.2, -0.15) is 0 Å². The second-order valence-electron chi connectivity index (χ2n) is 8.06. The number of aliphatic carboxylic acids is 1. The van der Waals surface area contributed by atoms with Gasteiger partial charge >= 0.3 is 12.1 Å². The van der Waals surface area contributed by atoms with Crippen molar-refractivity contribution >= 4 is 34.4 Å². The van der Waals surface area contributed by atoms with E-state index >= 15 is 0 Å². The SMILES string of the molecule is O=C(O)/C=C/C(=O)N(O)CCCCNCc1ccc(COC(=O)Nc2cccc3ccccc23)cc1. The van der Waals surface area contributed by atoms with Crippen molar-refractivity contribution in [2.24, 2.45) is 0 Å². The number of rotatable bonds is 12. The van der Waals surface area contributed by atoms with Crippen LogP contribution < -0.4 is 10.6 Å². The van der Waals surface area contributed by atoms with E-state index in [2.05, 4.69) is 10.6 Å². The van der Waals surface area contributed by atoms with E-state index in [-0.39, 0.29) is 13.2 Å². The van der Waals surface area contributed by atoms with Crippen LogP contribution in [0.3, 0.4) is 0 Å². The van der Waals surface area contributed by atoms with Gasteiger partial charge in [-0.1, -0.05) is 60.7 Å². The lowest BCUT2D eigenvalue weighted by molar-refractivity contribution is -0.159. The van der Waals surface area contributed by atoms with E-state index < -0.39 is 18.0 Å². The topological polar surface area (TPSA) is 128 Å². The molecule has 0 aliphatic heterocycles. The molecule has 36 heavy (non-hydrogen) atoms. The molecule has 0 heterocycles. The van der Waals surface area contributed by atoms with Crippen LogP contribution in [0.1, 0.15) is 24.0 Å². The second kappa shape index (κ2) is 13.6. The van der Waals surface area contributed by atoms with Gasteiger partial charge in [0.2, 0.25) is 0 Å². The van der Waals surface area contributed by atoms with Gasteiger partial charge in [0.25, 0.3) is 5.91 Å². The minimum absolute atomic E-state index is 0.118. The number of hydrogen-bond acceptors (Lipinski definition) is 6. The molecule has 0 saturated heterocycles. The lowest BCUT2D eigenvalue weighted by Crippen LogP contribution is -2.27. The summed E-state index contributed by atoms with van der Waals surface area (Å²) < 4.78 is 5.36. The zero-order chi connectivity index (χ0) is 25.8. The van der Waals surface area contributed by atoms with Crippen LogP contribution in [-0.2, 0) is 27.5 Å². The first-order chi connectivity index (χ1) is 17.4. The Morgan fingerprint density at radius 1 is 0.889 bits per heavy atom. The normalized spacial score (nSPS) is 10.9. The molecule has 3 aromatic rings. The zero-order valence-corrected chi connectivity index (χ0v) is 19.7. The smallest absolute Gasteiger partial charge is 0.411 e. The summed E-state index contributed by atoms with van der Waals surface area (Å²) in [5.41, 5.74) is 2.64. The van der Waals surface area contributed by atoms with Crippen molar-refractivity contribution in [2.75, 3.05) is 18.4 Å². The van der Waals surface area contributed by atoms with E-state index in [0.29, 0.717) is 36.3 Å². The van der Waals surface area contributed by atoms with Crippen molar-refractivity contribution in [1.29, 1.82) is 0 Å². The van der Waals surface area contributed by atoms with Gasteiger partial charge in [0, 0.05) is 30.6 Å². The number of anilines is 1. The van der Waals surface area contributed by atoms with Crippen LogP contribution in [0.15, 0.2) is 78.9 Å². The first-order valence-corrected chi connectivity index (χ1v) is 11.5. The Balaban J connectivity index is 1.32. The van der Waals surface area contributed by atoms with Crippen LogP contribution in [0, 0.1) is 0 Å². The molecule has 0 aliphatic carbocycles. The fraction of sp³-hybridized carbons (Fsp3) is 0.222. The van der Waals surface area contributed by atoms with Gasteiger partial charge in [-0.05, 0) is 42.0 Å². The van der Waals surface area contributed by atoms with Crippen molar-refractivity contribution in [2.45, 2.75) is 26.0 Å². The average Bonchev–Trinajstić information content (AvgIpc) is 2.88. The number of carboxylic acid groups (broad SMARTS) is 1. The number of hydroxylamine groups is 2. The minimum Gasteiger partial charge on any atom is -0.478 e. The third-order valence-electron chi connectivity index (χ3n) is 5.34. The molecule has 188 valence electrons. The van der Waals surface area contributed by atoms with Gasteiger partial charge in [0.05, 0.1) is 5.69 Å². The number of amides is 2. The van der Waals surface area contributed by atoms with Gasteiger partial charge in [0.15, 0.2) is 0 Å². The Morgan fingerprint density at radius 2 is 1.61 bits per heavy atom. The number of ether oxygens (including phenoxy) is 1. The summed E-state index contributed by atoms with van der Waals surface area (Å²) in [6.45, 7) is 1.60. The average molecular weight is 492 g/mol. The molecule has 2 amide bonds. The van der Waals surface area contributed by atoms with E-state index in [1.54, 1.807) is 0 Å². The number of unbranched alkanes of at least 4 members (excludes halogenated alkanes) is 1. The largest absolute Gasteiger partial charge is 0.478 e. The predicted molar refractivity (Wildman–Crippen MR) is 135 cm³/mol. The molecule has 0 aliphatic rings. The highest BCUT2D eigenvalue weighted by atomic mass is 16.5. The minimum atomic E-state index is -1.25. The van der Waals surface area contributed by atoms with Crippen molar-refractivity contribution in [3.8, 4) is 0 Å². The van der Waals surface area contributed by atoms with Gasteiger partial charge in [0.1, 0.15) is 6.61 Å². The lowest BCUT2D eigenvalue weighted by atomic mass is 10.1. The Labute approximate surface area is 208 Å². The monoisotopic (exact) mass is 491 g/mol. The van der Waals surface area contributed by atoms with Gasteiger partial charge in [-0.15, -0.1) is 0 Å². The number of hydrogen-bond donors (Lipinski definition) is 4. The molecule has 0 radical (unpaired) electrons. The summed E-state index contributed by atoms with van der Waals surface area (Å²) in [6, 6.07) is 21.2. The zero-order valence-electron chi connectivity index (χ0n) is 19.7. The molecule has 0 spiro atoms. The number of fused-ring (bicyclic) bond motifs is 1. The Morgan fingerprint density at radius 3 is 2.39 bits per heavy atom.